The molecule has 1 amide bonds. The number of nitrogens with one attached hydrogen (secondary N) is 1. The number of carbonyl (C=O) groups is 1. The molecule has 0 saturated carbocycles. The monoisotopic (exact) mass is 439 g/mol. The second-order valence-electron chi connectivity index (χ2n) is 7.63. The van der Waals surface area contributed by atoms with Crippen molar-refractivity contribution in [3.8, 4) is 0 Å². The number of fused-ring (bicyclic) bond motifs is 1. The van der Waals surface area contributed by atoms with Crippen LogP contribution in [0.5, 0.6) is 0 Å². The van der Waals surface area contributed by atoms with E-state index in [4.69, 9.17) is 0 Å². The maximum absolute atomic E-state index is 13.1. The molecule has 0 radical (unpaired) electrons. The van der Waals surface area contributed by atoms with Crippen molar-refractivity contribution in [2.45, 2.75) is 39.3 Å². The van der Waals surface area contributed by atoms with Gasteiger partial charge in [-0.3, -0.25) is 18.7 Å². The molecule has 9 heteroatoms. The molecule has 31 heavy (non-hydrogen) atoms. The van der Waals surface area contributed by atoms with Gasteiger partial charge in [0.15, 0.2) is 10.8 Å². The number of nitrogens with zero attached hydrogens (tertiary/aromatic N) is 4. The van der Waals surface area contributed by atoms with Crippen molar-refractivity contribution >= 4 is 38.4 Å². The average Bonchev–Trinajstić information content (AvgIpc) is 3.22. The number of allylic oxidation sites excluding steroid dienone is 1. The maximum atomic E-state index is 13.1. The van der Waals surface area contributed by atoms with E-state index >= 15 is 0 Å². The predicted molar refractivity (Wildman–Crippen MR) is 124 cm³/mol. The van der Waals surface area contributed by atoms with E-state index in [1.165, 1.54) is 28.4 Å². The summed E-state index contributed by atoms with van der Waals surface area (Å²) in [7, 11) is 0. The summed E-state index contributed by atoms with van der Waals surface area (Å²) in [5.74, 6) is -0.353. The number of aryl methyl sites for hydroxylation is 1. The Bertz CT molecular complexity index is 1250. The van der Waals surface area contributed by atoms with E-state index in [1.54, 1.807) is 0 Å². The molecule has 8 nitrogen and oxygen atoms in total. The number of anilines is 2. The zero-order valence-electron chi connectivity index (χ0n) is 17.5. The lowest BCUT2D eigenvalue weighted by Gasteiger charge is -2.25. The van der Waals surface area contributed by atoms with Gasteiger partial charge in [0.05, 0.1) is 0 Å². The van der Waals surface area contributed by atoms with Gasteiger partial charge < -0.3 is 10.2 Å². The molecular weight excluding hydrogens is 414 g/mol. The van der Waals surface area contributed by atoms with Crippen molar-refractivity contribution in [2.75, 3.05) is 23.3 Å². The first-order valence-corrected chi connectivity index (χ1v) is 11.2. The summed E-state index contributed by atoms with van der Waals surface area (Å²) in [5, 5.41) is 3.56. The Hall–Kier alpha value is -3.20. The van der Waals surface area contributed by atoms with Crippen molar-refractivity contribution in [1.82, 2.24) is 14.1 Å². The largest absolute Gasteiger partial charge is 0.348 e. The Morgan fingerprint density at radius 2 is 1.94 bits per heavy atom. The first kappa shape index (κ1) is 21.0. The number of hydrogen-bond donors (Lipinski definition) is 1. The molecule has 1 N–H and O–H groups in total. The van der Waals surface area contributed by atoms with Crippen molar-refractivity contribution in [2.24, 2.45) is 0 Å². The van der Waals surface area contributed by atoms with Crippen LogP contribution in [0.25, 0.3) is 10.3 Å². The number of amides is 1. The molecule has 162 valence electrons. The molecule has 4 rings (SSSR count). The molecule has 0 spiro atoms. The molecule has 1 aliphatic rings. The number of hydrogen-bond acceptors (Lipinski definition) is 6. The fourth-order valence-electron chi connectivity index (χ4n) is 3.77. The molecule has 0 atom stereocenters. The lowest BCUT2D eigenvalue weighted by molar-refractivity contribution is -0.116. The van der Waals surface area contributed by atoms with Crippen LogP contribution in [0.2, 0.25) is 0 Å². The van der Waals surface area contributed by atoms with Crippen molar-refractivity contribution in [3.05, 3.63) is 63.3 Å². The highest BCUT2D eigenvalue weighted by Crippen LogP contribution is 2.28. The Kier molecular flexibility index (Phi) is 6.03. The number of piperidine rings is 1. The van der Waals surface area contributed by atoms with Gasteiger partial charge in [0.2, 0.25) is 5.91 Å². The molecule has 1 fully saturated rings. The summed E-state index contributed by atoms with van der Waals surface area (Å²) in [6.07, 6.45) is 4.82. The third-order valence-corrected chi connectivity index (χ3v) is 6.51. The number of rotatable bonds is 6. The number of carbonyl (C=O) groups excluding carboxylic acids is 1. The van der Waals surface area contributed by atoms with Gasteiger partial charge in [0.25, 0.3) is 5.56 Å². The molecule has 1 aromatic carbocycles. The molecular formula is C22H25N5O3S. The Balaban J connectivity index is 1.76. The Morgan fingerprint density at radius 1 is 1.19 bits per heavy atom. The zero-order valence-corrected chi connectivity index (χ0v) is 18.3. The maximum Gasteiger partial charge on any atom is 0.333 e. The SMILES string of the molecule is C=CCn1c(=O)c2sc(N3CCCCC3)nc2n(CC(=O)Nc2ccccc2C)c1=O. The Labute approximate surface area is 183 Å². The van der Waals surface area contributed by atoms with Crippen LogP contribution in [0.15, 0.2) is 46.5 Å². The first-order chi connectivity index (χ1) is 15.0. The fraction of sp³-hybridized carbons (Fsp3) is 0.364. The van der Waals surface area contributed by atoms with E-state index in [0.29, 0.717) is 10.4 Å². The summed E-state index contributed by atoms with van der Waals surface area (Å²) in [6, 6.07) is 7.43. The smallest absolute Gasteiger partial charge is 0.333 e. The lowest BCUT2D eigenvalue weighted by Crippen LogP contribution is -2.41. The number of benzene rings is 1. The third kappa shape index (κ3) is 4.18. The highest BCUT2D eigenvalue weighted by atomic mass is 32.1. The van der Waals surface area contributed by atoms with E-state index in [1.807, 2.05) is 31.2 Å². The van der Waals surface area contributed by atoms with E-state index in [0.717, 1.165) is 41.2 Å². The van der Waals surface area contributed by atoms with Gasteiger partial charge in [-0.1, -0.05) is 35.6 Å². The molecule has 0 unspecified atom stereocenters. The number of aromatic nitrogens is 3. The molecule has 3 aromatic rings. The summed E-state index contributed by atoms with van der Waals surface area (Å²) in [4.78, 5) is 45.6. The van der Waals surface area contributed by atoms with Crippen LogP contribution in [0.1, 0.15) is 24.8 Å². The standard InChI is InChI=1S/C22H25N5O3S/c1-3-11-26-20(29)18-19(24-21(31-18)25-12-7-4-8-13-25)27(22(26)30)14-17(28)23-16-10-6-5-9-15(16)2/h3,5-6,9-10H,1,4,7-8,11-14H2,2H3,(H,23,28). The summed E-state index contributed by atoms with van der Waals surface area (Å²) >= 11 is 1.28. The van der Waals surface area contributed by atoms with Gasteiger partial charge in [0.1, 0.15) is 11.2 Å². The molecule has 0 aliphatic carbocycles. The van der Waals surface area contributed by atoms with E-state index in [-0.39, 0.29) is 24.6 Å². The van der Waals surface area contributed by atoms with Crippen LogP contribution in [-0.4, -0.2) is 33.1 Å². The van der Waals surface area contributed by atoms with Crippen LogP contribution in [-0.2, 0) is 17.9 Å². The lowest BCUT2D eigenvalue weighted by atomic mass is 10.1. The number of thiazole rings is 1. The molecule has 0 bridgehead atoms. The molecule has 2 aromatic heterocycles. The van der Waals surface area contributed by atoms with Gasteiger partial charge >= 0.3 is 5.69 Å². The van der Waals surface area contributed by atoms with Crippen LogP contribution < -0.4 is 21.5 Å². The summed E-state index contributed by atoms with van der Waals surface area (Å²) < 4.78 is 2.78. The van der Waals surface area contributed by atoms with Gasteiger partial charge in [-0.15, -0.1) is 6.58 Å². The van der Waals surface area contributed by atoms with Crippen molar-refractivity contribution in [3.63, 3.8) is 0 Å². The second-order valence-corrected chi connectivity index (χ2v) is 8.61. The minimum Gasteiger partial charge on any atom is -0.348 e. The van der Waals surface area contributed by atoms with Crippen LogP contribution >= 0.6 is 11.3 Å². The fourth-order valence-corrected chi connectivity index (χ4v) is 4.84. The average molecular weight is 440 g/mol. The molecule has 3 heterocycles. The highest BCUT2D eigenvalue weighted by molar-refractivity contribution is 7.22. The van der Waals surface area contributed by atoms with Crippen LogP contribution in [0.4, 0.5) is 10.8 Å². The predicted octanol–water partition coefficient (Wildman–Crippen LogP) is 2.74. The second kappa shape index (κ2) is 8.89. The zero-order chi connectivity index (χ0) is 22.0. The minimum atomic E-state index is -0.562. The van der Waals surface area contributed by atoms with Crippen molar-refractivity contribution in [1.29, 1.82) is 0 Å². The van der Waals surface area contributed by atoms with E-state index in [9.17, 15) is 14.4 Å². The van der Waals surface area contributed by atoms with Crippen LogP contribution in [0.3, 0.4) is 0 Å². The molecule has 1 saturated heterocycles. The quantitative estimate of drug-likeness (QED) is 0.597. The van der Waals surface area contributed by atoms with Gasteiger partial charge in [-0.05, 0) is 37.8 Å². The van der Waals surface area contributed by atoms with Gasteiger partial charge in [-0.2, -0.15) is 0 Å². The Morgan fingerprint density at radius 3 is 2.65 bits per heavy atom. The van der Waals surface area contributed by atoms with E-state index < -0.39 is 11.2 Å². The van der Waals surface area contributed by atoms with Crippen molar-refractivity contribution < 1.29 is 4.79 Å². The minimum absolute atomic E-state index is 0.0734. The third-order valence-electron chi connectivity index (χ3n) is 5.41. The topological polar surface area (TPSA) is 89.2 Å². The number of para-hydroxylation sites is 1. The summed E-state index contributed by atoms with van der Waals surface area (Å²) in [5.41, 5.74) is 0.916. The summed E-state index contributed by atoms with van der Waals surface area (Å²) in [6.45, 7) is 7.13. The van der Waals surface area contributed by atoms with E-state index in [2.05, 4.69) is 21.8 Å². The van der Waals surface area contributed by atoms with Gasteiger partial charge in [-0.25, -0.2) is 9.78 Å². The normalized spacial score (nSPS) is 14.0. The first-order valence-electron chi connectivity index (χ1n) is 10.3. The molecule has 1 aliphatic heterocycles. The highest BCUT2D eigenvalue weighted by Gasteiger charge is 2.22. The van der Waals surface area contributed by atoms with Crippen LogP contribution in [0, 0.1) is 6.92 Å². The van der Waals surface area contributed by atoms with Gasteiger partial charge in [0, 0.05) is 25.3 Å².